The van der Waals surface area contributed by atoms with Crippen LogP contribution in [0.3, 0.4) is 0 Å². The fourth-order valence-electron chi connectivity index (χ4n) is 1.49. The summed E-state index contributed by atoms with van der Waals surface area (Å²) >= 11 is 0. The average Bonchev–Trinajstić information content (AvgIpc) is 2.68. The van der Waals surface area contributed by atoms with Gasteiger partial charge in [0.2, 0.25) is 0 Å². The minimum atomic E-state index is -0.409. The molecule has 0 amide bonds. The first-order chi connectivity index (χ1) is 7.65. The zero-order valence-electron chi connectivity index (χ0n) is 9.85. The number of Topliss-reactive ketones (excluding diaryl/α,β-unsaturated/α-hetero) is 1. The summed E-state index contributed by atoms with van der Waals surface area (Å²) in [6, 6.07) is 1.50. The standard InChI is InChI=1S/C11H19N3O2/c1-14-9(5-7-13-14)3-4-11(15)10(12)6-8-16-2/h5,7,10H,3-4,6,8,12H2,1-2H3. The molecule has 5 nitrogen and oxygen atoms in total. The molecule has 0 fully saturated rings. The maximum Gasteiger partial charge on any atom is 0.150 e. The molecule has 0 aromatic carbocycles. The van der Waals surface area contributed by atoms with Crippen molar-refractivity contribution in [2.45, 2.75) is 25.3 Å². The van der Waals surface area contributed by atoms with Gasteiger partial charge < -0.3 is 10.5 Å². The summed E-state index contributed by atoms with van der Waals surface area (Å²) in [4.78, 5) is 11.6. The van der Waals surface area contributed by atoms with E-state index in [0.29, 0.717) is 25.9 Å². The lowest BCUT2D eigenvalue weighted by Gasteiger charge is -2.09. The molecule has 0 aliphatic carbocycles. The van der Waals surface area contributed by atoms with E-state index in [1.165, 1.54) is 0 Å². The predicted molar refractivity (Wildman–Crippen MR) is 61.0 cm³/mol. The lowest BCUT2D eigenvalue weighted by molar-refractivity contribution is -0.120. The number of ketones is 1. The van der Waals surface area contributed by atoms with E-state index in [2.05, 4.69) is 5.10 Å². The van der Waals surface area contributed by atoms with Crippen molar-refractivity contribution in [3.63, 3.8) is 0 Å². The average molecular weight is 225 g/mol. The molecule has 90 valence electrons. The number of hydrogen-bond acceptors (Lipinski definition) is 4. The van der Waals surface area contributed by atoms with Gasteiger partial charge >= 0.3 is 0 Å². The fourth-order valence-corrected chi connectivity index (χ4v) is 1.49. The van der Waals surface area contributed by atoms with Gasteiger partial charge in [0, 0.05) is 39.1 Å². The van der Waals surface area contributed by atoms with Crippen molar-refractivity contribution in [1.82, 2.24) is 9.78 Å². The molecule has 1 rings (SSSR count). The van der Waals surface area contributed by atoms with Gasteiger partial charge in [0.1, 0.15) is 5.78 Å². The van der Waals surface area contributed by atoms with Crippen molar-refractivity contribution in [3.05, 3.63) is 18.0 Å². The Morgan fingerprint density at radius 2 is 2.44 bits per heavy atom. The predicted octanol–water partition coefficient (Wildman–Crippen LogP) is 0.286. The minimum absolute atomic E-state index is 0.0817. The number of ether oxygens (including phenoxy) is 1. The highest BCUT2D eigenvalue weighted by Gasteiger charge is 2.13. The Bertz CT molecular complexity index is 336. The van der Waals surface area contributed by atoms with Crippen LogP contribution in [0.4, 0.5) is 0 Å². The third-order valence-electron chi connectivity index (χ3n) is 2.60. The van der Waals surface area contributed by atoms with Crippen molar-refractivity contribution in [2.24, 2.45) is 12.8 Å². The molecular formula is C11H19N3O2. The first-order valence-corrected chi connectivity index (χ1v) is 5.39. The summed E-state index contributed by atoms with van der Waals surface area (Å²) < 4.78 is 6.66. The molecule has 16 heavy (non-hydrogen) atoms. The smallest absolute Gasteiger partial charge is 0.150 e. The molecule has 1 unspecified atom stereocenters. The summed E-state index contributed by atoms with van der Waals surface area (Å²) in [7, 11) is 3.47. The molecule has 0 aliphatic heterocycles. The molecule has 5 heteroatoms. The highest BCUT2D eigenvalue weighted by molar-refractivity contribution is 5.83. The minimum Gasteiger partial charge on any atom is -0.385 e. The molecule has 0 saturated heterocycles. The molecule has 0 radical (unpaired) electrons. The zero-order chi connectivity index (χ0) is 12.0. The van der Waals surface area contributed by atoms with Gasteiger partial charge in [-0.2, -0.15) is 5.10 Å². The number of nitrogens with two attached hydrogens (primary N) is 1. The monoisotopic (exact) mass is 225 g/mol. The van der Waals surface area contributed by atoms with Crippen molar-refractivity contribution in [1.29, 1.82) is 0 Å². The van der Waals surface area contributed by atoms with Crippen LogP contribution in [0, 0.1) is 0 Å². The van der Waals surface area contributed by atoms with Gasteiger partial charge in [0.25, 0.3) is 0 Å². The van der Waals surface area contributed by atoms with Crippen LogP contribution in [0.5, 0.6) is 0 Å². The molecule has 0 saturated carbocycles. The summed E-state index contributed by atoms with van der Waals surface area (Å²) in [5.74, 6) is 0.0817. The van der Waals surface area contributed by atoms with Gasteiger partial charge in [0.15, 0.2) is 0 Å². The van der Waals surface area contributed by atoms with Gasteiger partial charge in [-0.3, -0.25) is 9.48 Å². The number of carbonyl (C=O) groups is 1. The number of aromatic nitrogens is 2. The Morgan fingerprint density at radius 1 is 1.69 bits per heavy atom. The van der Waals surface area contributed by atoms with Gasteiger partial charge in [-0.25, -0.2) is 0 Å². The zero-order valence-corrected chi connectivity index (χ0v) is 9.85. The van der Waals surface area contributed by atoms with E-state index in [9.17, 15) is 4.79 Å². The van der Waals surface area contributed by atoms with Crippen LogP contribution in [-0.2, 0) is 23.0 Å². The third kappa shape index (κ3) is 3.75. The van der Waals surface area contributed by atoms with Crippen LogP contribution in [-0.4, -0.2) is 35.3 Å². The molecular weight excluding hydrogens is 206 g/mol. The van der Waals surface area contributed by atoms with Crippen molar-refractivity contribution < 1.29 is 9.53 Å². The van der Waals surface area contributed by atoms with E-state index < -0.39 is 6.04 Å². The first-order valence-electron chi connectivity index (χ1n) is 5.39. The molecule has 0 aliphatic rings. The molecule has 1 heterocycles. The van der Waals surface area contributed by atoms with E-state index >= 15 is 0 Å². The second-order valence-corrected chi connectivity index (χ2v) is 3.80. The fraction of sp³-hybridized carbons (Fsp3) is 0.636. The second kappa shape index (κ2) is 6.40. The topological polar surface area (TPSA) is 70.1 Å². The van der Waals surface area contributed by atoms with Crippen LogP contribution < -0.4 is 5.73 Å². The van der Waals surface area contributed by atoms with Gasteiger partial charge in [-0.05, 0) is 18.9 Å². The number of methoxy groups -OCH3 is 1. The first kappa shape index (κ1) is 12.9. The van der Waals surface area contributed by atoms with Crippen LogP contribution in [0.2, 0.25) is 0 Å². The van der Waals surface area contributed by atoms with E-state index in [4.69, 9.17) is 10.5 Å². The van der Waals surface area contributed by atoms with Crippen LogP contribution >= 0.6 is 0 Å². The molecule has 1 atom stereocenters. The highest BCUT2D eigenvalue weighted by atomic mass is 16.5. The van der Waals surface area contributed by atoms with Crippen LogP contribution in [0.25, 0.3) is 0 Å². The third-order valence-corrected chi connectivity index (χ3v) is 2.60. The SMILES string of the molecule is COCCC(N)C(=O)CCc1ccnn1C. The van der Waals surface area contributed by atoms with Gasteiger partial charge in [0.05, 0.1) is 6.04 Å². The Kier molecular flexibility index (Phi) is 5.14. The lowest BCUT2D eigenvalue weighted by atomic mass is 10.1. The number of rotatable bonds is 7. The maximum absolute atomic E-state index is 11.6. The Hall–Kier alpha value is -1.20. The highest BCUT2D eigenvalue weighted by Crippen LogP contribution is 2.03. The molecule has 0 bridgehead atoms. The second-order valence-electron chi connectivity index (χ2n) is 3.80. The van der Waals surface area contributed by atoms with E-state index in [-0.39, 0.29) is 5.78 Å². The van der Waals surface area contributed by atoms with E-state index in [0.717, 1.165) is 5.69 Å². The summed E-state index contributed by atoms with van der Waals surface area (Å²) in [5, 5.41) is 4.04. The summed E-state index contributed by atoms with van der Waals surface area (Å²) in [6.07, 6.45) is 3.46. The molecule has 2 N–H and O–H groups in total. The Labute approximate surface area is 95.6 Å². The van der Waals surface area contributed by atoms with Crippen molar-refractivity contribution in [3.8, 4) is 0 Å². The van der Waals surface area contributed by atoms with Crippen LogP contribution in [0.15, 0.2) is 12.3 Å². The van der Waals surface area contributed by atoms with E-state index in [1.54, 1.807) is 18.0 Å². The molecule has 1 aromatic rings. The number of hydrogen-bond donors (Lipinski definition) is 1. The van der Waals surface area contributed by atoms with Crippen molar-refractivity contribution in [2.75, 3.05) is 13.7 Å². The van der Waals surface area contributed by atoms with Crippen LogP contribution in [0.1, 0.15) is 18.5 Å². The van der Waals surface area contributed by atoms with E-state index in [1.807, 2.05) is 13.1 Å². The summed E-state index contributed by atoms with van der Waals surface area (Å²) in [5.41, 5.74) is 6.78. The lowest BCUT2D eigenvalue weighted by Crippen LogP contribution is -2.32. The number of nitrogens with zero attached hydrogens (tertiary/aromatic N) is 2. The van der Waals surface area contributed by atoms with Gasteiger partial charge in [-0.1, -0.05) is 0 Å². The maximum atomic E-state index is 11.6. The largest absolute Gasteiger partial charge is 0.385 e. The Morgan fingerprint density at radius 3 is 3.00 bits per heavy atom. The number of aryl methyl sites for hydroxylation is 2. The van der Waals surface area contributed by atoms with Gasteiger partial charge in [-0.15, -0.1) is 0 Å². The molecule has 0 spiro atoms. The Balaban J connectivity index is 2.32. The molecule has 1 aromatic heterocycles. The van der Waals surface area contributed by atoms with Crippen molar-refractivity contribution >= 4 is 5.78 Å². The summed E-state index contributed by atoms with van der Waals surface area (Å²) in [6.45, 7) is 0.526. The normalized spacial score (nSPS) is 12.7. The quantitative estimate of drug-likeness (QED) is 0.724. The number of carbonyl (C=O) groups excluding carboxylic acids is 1.